The number of hydrogen-bond donors (Lipinski definition) is 1. The number of allylic oxidation sites excluding steroid dienone is 1. The standard InChI is InChI=1S/C20H27NO2/c1-4-9-18-16(3)19(12-6-5-7-13-19)22-23-20(18,21)17-11-8-10-15(2)14-17/h4,8-11,14H,5-7,12-13,21H2,1-3H3/b9-4-. The van der Waals surface area contributed by atoms with Crippen molar-refractivity contribution in [3.8, 4) is 0 Å². The predicted molar refractivity (Wildman–Crippen MR) is 92.5 cm³/mol. The number of aryl methyl sites for hydroxylation is 1. The topological polar surface area (TPSA) is 44.5 Å². The highest BCUT2D eigenvalue weighted by molar-refractivity contribution is 5.45. The van der Waals surface area contributed by atoms with Gasteiger partial charge in [-0.15, -0.1) is 0 Å². The van der Waals surface area contributed by atoms with E-state index in [9.17, 15) is 0 Å². The maximum absolute atomic E-state index is 6.70. The summed E-state index contributed by atoms with van der Waals surface area (Å²) in [6.45, 7) is 6.23. The molecule has 0 aromatic heterocycles. The molecule has 1 aliphatic carbocycles. The van der Waals surface area contributed by atoms with Gasteiger partial charge in [0.2, 0.25) is 5.72 Å². The first-order valence-electron chi connectivity index (χ1n) is 8.59. The van der Waals surface area contributed by atoms with E-state index in [1.807, 2.05) is 25.1 Å². The molecular formula is C20H27NO2. The Balaban J connectivity index is 2.12. The van der Waals surface area contributed by atoms with Crippen LogP contribution in [-0.4, -0.2) is 5.60 Å². The van der Waals surface area contributed by atoms with E-state index in [4.69, 9.17) is 15.5 Å². The molecular weight excluding hydrogens is 286 g/mol. The minimum absolute atomic E-state index is 0.306. The Kier molecular flexibility index (Phi) is 4.45. The average molecular weight is 313 g/mol. The molecule has 1 aliphatic heterocycles. The van der Waals surface area contributed by atoms with Crippen molar-refractivity contribution in [2.45, 2.75) is 64.2 Å². The van der Waals surface area contributed by atoms with Crippen LogP contribution >= 0.6 is 0 Å². The Morgan fingerprint density at radius 2 is 1.83 bits per heavy atom. The fourth-order valence-electron chi connectivity index (χ4n) is 3.85. The predicted octanol–water partition coefficient (Wildman–Crippen LogP) is 4.66. The van der Waals surface area contributed by atoms with Crippen LogP contribution in [0.3, 0.4) is 0 Å². The second kappa shape index (κ2) is 6.23. The van der Waals surface area contributed by atoms with Gasteiger partial charge in [0.1, 0.15) is 5.60 Å². The highest BCUT2D eigenvalue weighted by Gasteiger charge is 2.48. The summed E-state index contributed by atoms with van der Waals surface area (Å²) < 4.78 is 0. The van der Waals surface area contributed by atoms with Gasteiger partial charge in [0.05, 0.1) is 0 Å². The fraction of sp³-hybridized carbons (Fsp3) is 0.500. The second-order valence-electron chi connectivity index (χ2n) is 6.87. The molecule has 23 heavy (non-hydrogen) atoms. The van der Waals surface area contributed by atoms with Gasteiger partial charge in [-0.3, -0.25) is 5.73 Å². The Bertz CT molecular complexity index is 641. The van der Waals surface area contributed by atoms with Gasteiger partial charge in [0.25, 0.3) is 0 Å². The molecule has 1 atom stereocenters. The van der Waals surface area contributed by atoms with Crippen LogP contribution in [0, 0.1) is 6.92 Å². The third-order valence-electron chi connectivity index (χ3n) is 5.26. The molecule has 2 aliphatic rings. The summed E-state index contributed by atoms with van der Waals surface area (Å²) in [4.78, 5) is 11.9. The van der Waals surface area contributed by atoms with E-state index in [1.165, 1.54) is 24.8 Å². The smallest absolute Gasteiger partial charge is 0.203 e. The van der Waals surface area contributed by atoms with Crippen molar-refractivity contribution < 1.29 is 9.78 Å². The van der Waals surface area contributed by atoms with Gasteiger partial charge in [-0.1, -0.05) is 61.2 Å². The number of benzene rings is 1. The number of rotatable bonds is 2. The Morgan fingerprint density at radius 3 is 2.48 bits per heavy atom. The molecule has 1 aromatic rings. The van der Waals surface area contributed by atoms with Crippen molar-refractivity contribution >= 4 is 0 Å². The monoisotopic (exact) mass is 313 g/mol. The lowest BCUT2D eigenvalue weighted by Gasteiger charge is -2.46. The van der Waals surface area contributed by atoms with E-state index in [1.54, 1.807) is 0 Å². The lowest BCUT2D eigenvalue weighted by atomic mass is 9.75. The quantitative estimate of drug-likeness (QED) is 0.807. The van der Waals surface area contributed by atoms with Gasteiger partial charge in [0.15, 0.2) is 0 Å². The lowest BCUT2D eigenvalue weighted by Crippen LogP contribution is -2.52. The van der Waals surface area contributed by atoms with Crippen LogP contribution in [0.1, 0.15) is 57.1 Å². The molecule has 0 radical (unpaired) electrons. The van der Waals surface area contributed by atoms with Gasteiger partial charge in [-0.05, 0) is 39.2 Å². The largest absolute Gasteiger partial charge is 0.293 e. The minimum Gasteiger partial charge on any atom is -0.293 e. The molecule has 0 saturated heterocycles. The first-order valence-corrected chi connectivity index (χ1v) is 8.59. The minimum atomic E-state index is -1.05. The van der Waals surface area contributed by atoms with Crippen molar-refractivity contribution in [3.63, 3.8) is 0 Å². The SMILES string of the molecule is C/C=C\C1=C(C)C2(CCCCC2)OOC1(N)c1cccc(C)c1. The van der Waals surface area contributed by atoms with Crippen molar-refractivity contribution in [1.29, 1.82) is 0 Å². The van der Waals surface area contributed by atoms with Crippen LogP contribution in [-0.2, 0) is 15.5 Å². The maximum atomic E-state index is 6.70. The van der Waals surface area contributed by atoms with Crippen LogP contribution in [0.5, 0.6) is 0 Å². The maximum Gasteiger partial charge on any atom is 0.203 e. The van der Waals surface area contributed by atoms with Crippen LogP contribution in [0.15, 0.2) is 47.6 Å². The van der Waals surface area contributed by atoms with E-state index < -0.39 is 5.72 Å². The zero-order chi connectivity index (χ0) is 16.5. The third-order valence-corrected chi connectivity index (χ3v) is 5.26. The Hall–Kier alpha value is -1.42. The van der Waals surface area contributed by atoms with Crippen molar-refractivity contribution in [2.75, 3.05) is 0 Å². The summed E-state index contributed by atoms with van der Waals surface area (Å²) in [6.07, 6.45) is 9.73. The molecule has 0 amide bonds. The Morgan fingerprint density at radius 1 is 1.09 bits per heavy atom. The van der Waals surface area contributed by atoms with E-state index >= 15 is 0 Å². The van der Waals surface area contributed by atoms with Gasteiger partial charge in [0, 0.05) is 11.1 Å². The van der Waals surface area contributed by atoms with E-state index in [0.29, 0.717) is 0 Å². The zero-order valence-corrected chi connectivity index (χ0v) is 14.4. The number of nitrogens with two attached hydrogens (primary N) is 1. The third kappa shape index (κ3) is 2.78. The molecule has 0 bridgehead atoms. The summed E-state index contributed by atoms with van der Waals surface area (Å²) >= 11 is 0. The summed E-state index contributed by atoms with van der Waals surface area (Å²) in [6, 6.07) is 8.15. The molecule has 1 saturated carbocycles. The van der Waals surface area contributed by atoms with Crippen molar-refractivity contribution in [3.05, 3.63) is 58.7 Å². The molecule has 3 nitrogen and oxygen atoms in total. The van der Waals surface area contributed by atoms with Gasteiger partial charge in [-0.25, -0.2) is 9.78 Å². The molecule has 1 fully saturated rings. The molecule has 3 heteroatoms. The van der Waals surface area contributed by atoms with Crippen molar-refractivity contribution in [2.24, 2.45) is 5.73 Å². The second-order valence-corrected chi connectivity index (χ2v) is 6.87. The summed E-state index contributed by atoms with van der Waals surface area (Å²) in [5, 5.41) is 0. The highest BCUT2D eigenvalue weighted by atomic mass is 17.2. The first kappa shape index (κ1) is 16.4. The highest BCUT2D eigenvalue weighted by Crippen LogP contribution is 2.47. The normalized spacial score (nSPS) is 27.8. The van der Waals surface area contributed by atoms with Crippen LogP contribution in [0.2, 0.25) is 0 Å². The molecule has 1 aromatic carbocycles. The first-order chi connectivity index (χ1) is 11.0. The molecule has 1 spiro atoms. The zero-order valence-electron chi connectivity index (χ0n) is 14.4. The summed E-state index contributed by atoms with van der Waals surface area (Å²) in [7, 11) is 0. The average Bonchev–Trinajstić information content (AvgIpc) is 2.57. The van der Waals surface area contributed by atoms with E-state index in [0.717, 1.165) is 29.5 Å². The molecule has 1 heterocycles. The summed E-state index contributed by atoms with van der Waals surface area (Å²) in [5.41, 5.74) is 9.67. The van der Waals surface area contributed by atoms with Crippen LogP contribution < -0.4 is 5.73 Å². The molecule has 3 rings (SSSR count). The van der Waals surface area contributed by atoms with E-state index in [2.05, 4.69) is 32.1 Å². The Labute approximate surface area is 139 Å². The fourth-order valence-corrected chi connectivity index (χ4v) is 3.85. The van der Waals surface area contributed by atoms with Crippen molar-refractivity contribution in [1.82, 2.24) is 0 Å². The molecule has 2 N–H and O–H groups in total. The molecule has 124 valence electrons. The van der Waals surface area contributed by atoms with Gasteiger partial charge in [-0.2, -0.15) is 0 Å². The van der Waals surface area contributed by atoms with E-state index in [-0.39, 0.29) is 5.60 Å². The summed E-state index contributed by atoms with van der Waals surface area (Å²) in [5.74, 6) is 0. The van der Waals surface area contributed by atoms with Gasteiger partial charge < -0.3 is 0 Å². The number of hydrogen-bond acceptors (Lipinski definition) is 3. The lowest BCUT2D eigenvalue weighted by molar-refractivity contribution is -0.415. The van der Waals surface area contributed by atoms with Crippen LogP contribution in [0.25, 0.3) is 0 Å². The molecule has 1 unspecified atom stereocenters. The van der Waals surface area contributed by atoms with Gasteiger partial charge >= 0.3 is 0 Å². The van der Waals surface area contributed by atoms with Crippen LogP contribution in [0.4, 0.5) is 0 Å².